The summed E-state index contributed by atoms with van der Waals surface area (Å²) in [6.45, 7) is 6.33. The number of pyridine rings is 1. The molecule has 2 aliphatic heterocycles. The van der Waals surface area contributed by atoms with E-state index in [0.29, 0.717) is 36.5 Å². The van der Waals surface area contributed by atoms with Crippen LogP contribution in [0.1, 0.15) is 55.3 Å². The zero-order chi connectivity index (χ0) is 26.5. The SMILES string of the molecule is NC1CN(CCC2CCN(c3cc(C(=O)NCC4CCC(CNC(=O)O)CC4)c4ccccc4n3)CC2)C1. The van der Waals surface area contributed by atoms with E-state index in [4.69, 9.17) is 15.8 Å². The van der Waals surface area contributed by atoms with Crippen molar-refractivity contribution in [3.8, 4) is 0 Å². The highest BCUT2D eigenvalue weighted by Crippen LogP contribution is 2.30. The lowest BCUT2D eigenvalue weighted by atomic mass is 9.82. The van der Waals surface area contributed by atoms with Crippen LogP contribution in [0.3, 0.4) is 0 Å². The molecule has 3 aliphatic rings. The minimum Gasteiger partial charge on any atom is -0.465 e. The first kappa shape index (κ1) is 26.7. The predicted molar refractivity (Wildman–Crippen MR) is 150 cm³/mol. The number of fused-ring (bicyclic) bond motifs is 1. The molecule has 5 rings (SSSR count). The summed E-state index contributed by atoms with van der Waals surface area (Å²) in [4.78, 5) is 33.9. The van der Waals surface area contributed by atoms with Gasteiger partial charge in [0.15, 0.2) is 0 Å². The molecule has 1 aromatic heterocycles. The van der Waals surface area contributed by atoms with E-state index in [1.165, 1.54) is 6.42 Å². The maximum absolute atomic E-state index is 13.4. The van der Waals surface area contributed by atoms with Gasteiger partial charge in [-0.1, -0.05) is 18.2 Å². The van der Waals surface area contributed by atoms with Crippen LogP contribution in [0.25, 0.3) is 10.9 Å². The molecule has 1 aliphatic carbocycles. The van der Waals surface area contributed by atoms with E-state index in [0.717, 1.165) is 93.9 Å². The Balaban J connectivity index is 1.16. The van der Waals surface area contributed by atoms with E-state index in [2.05, 4.69) is 20.4 Å². The van der Waals surface area contributed by atoms with Crippen LogP contribution in [-0.4, -0.2) is 78.8 Å². The third-order valence-corrected chi connectivity index (χ3v) is 8.78. The number of piperidine rings is 1. The van der Waals surface area contributed by atoms with Gasteiger partial charge in [-0.2, -0.15) is 0 Å². The van der Waals surface area contributed by atoms with Gasteiger partial charge >= 0.3 is 6.09 Å². The number of nitrogens with two attached hydrogens (primary N) is 1. The summed E-state index contributed by atoms with van der Waals surface area (Å²) in [6, 6.07) is 10.3. The van der Waals surface area contributed by atoms with E-state index in [1.54, 1.807) is 0 Å². The Hall–Kier alpha value is -2.91. The number of carbonyl (C=O) groups is 2. The number of likely N-dealkylation sites (tertiary alicyclic amines) is 1. The molecule has 0 atom stereocenters. The smallest absolute Gasteiger partial charge is 0.404 e. The van der Waals surface area contributed by atoms with Gasteiger partial charge < -0.3 is 31.3 Å². The number of hydrogen-bond donors (Lipinski definition) is 4. The lowest BCUT2D eigenvalue weighted by molar-refractivity contribution is 0.0942. The van der Waals surface area contributed by atoms with Gasteiger partial charge in [-0.3, -0.25) is 4.79 Å². The minimum atomic E-state index is -0.958. The van der Waals surface area contributed by atoms with Gasteiger partial charge in [-0.05, 0) is 81.4 Å². The van der Waals surface area contributed by atoms with Gasteiger partial charge in [0, 0.05) is 50.7 Å². The molecule has 0 bridgehead atoms. The fraction of sp³-hybridized carbons (Fsp3) is 0.621. The lowest BCUT2D eigenvalue weighted by Gasteiger charge is -2.39. The van der Waals surface area contributed by atoms with E-state index < -0.39 is 6.09 Å². The zero-order valence-corrected chi connectivity index (χ0v) is 22.3. The predicted octanol–water partition coefficient (Wildman–Crippen LogP) is 3.29. The molecule has 0 radical (unpaired) electrons. The van der Waals surface area contributed by atoms with Crippen molar-refractivity contribution in [1.29, 1.82) is 0 Å². The van der Waals surface area contributed by atoms with Crippen LogP contribution in [0.2, 0.25) is 0 Å². The zero-order valence-electron chi connectivity index (χ0n) is 22.3. The molecule has 0 spiro atoms. The number of hydrogen-bond acceptors (Lipinski definition) is 6. The number of rotatable bonds is 9. The number of carbonyl (C=O) groups excluding carboxylic acids is 1. The van der Waals surface area contributed by atoms with Gasteiger partial charge in [0.2, 0.25) is 0 Å². The van der Waals surface area contributed by atoms with Crippen LogP contribution in [-0.2, 0) is 0 Å². The summed E-state index contributed by atoms with van der Waals surface area (Å²) in [5.41, 5.74) is 7.47. The van der Waals surface area contributed by atoms with Crippen molar-refractivity contribution >= 4 is 28.7 Å². The standard InChI is InChI=1S/C29H42N6O3/c30-23-18-34(19-23)12-9-20-10-13-35(14-11-20)27-15-25(24-3-1-2-4-26(24)33-27)28(36)31-16-21-5-7-22(8-6-21)17-32-29(37)38/h1-4,15,20-23,32H,5-14,16-19,30H2,(H,31,36)(H,37,38). The third kappa shape index (κ3) is 6.74. The molecule has 1 aromatic carbocycles. The molecule has 3 heterocycles. The van der Waals surface area contributed by atoms with Crippen LogP contribution in [0.5, 0.6) is 0 Å². The Morgan fingerprint density at radius 1 is 0.947 bits per heavy atom. The summed E-state index contributed by atoms with van der Waals surface area (Å²) in [7, 11) is 0. The number of aromatic nitrogens is 1. The van der Waals surface area contributed by atoms with Gasteiger partial charge in [0.05, 0.1) is 11.1 Å². The molecule has 2 amide bonds. The average Bonchev–Trinajstić information content (AvgIpc) is 2.92. The van der Waals surface area contributed by atoms with E-state index in [1.807, 2.05) is 30.3 Å². The van der Waals surface area contributed by atoms with Crippen LogP contribution in [0, 0.1) is 17.8 Å². The summed E-state index contributed by atoms with van der Waals surface area (Å²) in [6.07, 6.45) is 6.58. The largest absolute Gasteiger partial charge is 0.465 e. The van der Waals surface area contributed by atoms with E-state index in [-0.39, 0.29) is 5.91 Å². The number of nitrogens with zero attached hydrogens (tertiary/aromatic N) is 3. The Morgan fingerprint density at radius 3 is 2.26 bits per heavy atom. The molecule has 9 nitrogen and oxygen atoms in total. The topological polar surface area (TPSA) is 124 Å². The average molecular weight is 523 g/mol. The van der Waals surface area contributed by atoms with Crippen molar-refractivity contribution in [2.75, 3.05) is 50.7 Å². The van der Waals surface area contributed by atoms with Crippen LogP contribution < -0.4 is 21.3 Å². The van der Waals surface area contributed by atoms with E-state index in [9.17, 15) is 9.59 Å². The van der Waals surface area contributed by atoms with Gasteiger partial charge in [-0.15, -0.1) is 0 Å². The van der Waals surface area contributed by atoms with Crippen molar-refractivity contribution in [3.05, 3.63) is 35.9 Å². The van der Waals surface area contributed by atoms with Crippen LogP contribution in [0.4, 0.5) is 10.6 Å². The fourth-order valence-electron chi connectivity index (χ4n) is 6.32. The van der Waals surface area contributed by atoms with Crippen molar-refractivity contribution < 1.29 is 14.7 Å². The van der Waals surface area contributed by atoms with E-state index >= 15 is 0 Å². The first-order valence-corrected chi connectivity index (χ1v) is 14.3. The molecule has 38 heavy (non-hydrogen) atoms. The molecule has 9 heteroatoms. The molecule has 2 saturated heterocycles. The molecule has 5 N–H and O–H groups in total. The second-order valence-corrected chi connectivity index (χ2v) is 11.6. The van der Waals surface area contributed by atoms with Gasteiger partial charge in [-0.25, -0.2) is 9.78 Å². The highest BCUT2D eigenvalue weighted by Gasteiger charge is 2.27. The Kier molecular flexibility index (Phi) is 8.64. The van der Waals surface area contributed by atoms with Crippen molar-refractivity contribution in [2.24, 2.45) is 23.5 Å². The van der Waals surface area contributed by atoms with Gasteiger partial charge in [0.25, 0.3) is 5.91 Å². The normalized spacial score (nSPS) is 23.2. The molecule has 206 valence electrons. The second kappa shape index (κ2) is 12.3. The lowest BCUT2D eigenvalue weighted by Crippen LogP contribution is -2.55. The second-order valence-electron chi connectivity index (χ2n) is 11.6. The van der Waals surface area contributed by atoms with Crippen molar-refractivity contribution in [3.63, 3.8) is 0 Å². The maximum atomic E-state index is 13.4. The Morgan fingerprint density at radius 2 is 1.61 bits per heavy atom. The number of anilines is 1. The molecular weight excluding hydrogens is 480 g/mol. The quantitative estimate of drug-likeness (QED) is 0.398. The number of para-hydroxylation sites is 1. The summed E-state index contributed by atoms with van der Waals surface area (Å²) < 4.78 is 0. The van der Waals surface area contributed by atoms with Crippen LogP contribution >= 0.6 is 0 Å². The third-order valence-electron chi connectivity index (χ3n) is 8.78. The first-order valence-electron chi connectivity index (χ1n) is 14.3. The molecular formula is C29H42N6O3. The highest BCUT2D eigenvalue weighted by molar-refractivity contribution is 6.07. The summed E-state index contributed by atoms with van der Waals surface area (Å²) in [5.74, 6) is 2.41. The number of nitrogens with one attached hydrogen (secondary N) is 2. The van der Waals surface area contributed by atoms with Crippen LogP contribution in [0.15, 0.2) is 30.3 Å². The number of benzene rings is 1. The van der Waals surface area contributed by atoms with Gasteiger partial charge in [0.1, 0.15) is 5.82 Å². The molecule has 2 aromatic rings. The fourth-order valence-corrected chi connectivity index (χ4v) is 6.32. The summed E-state index contributed by atoms with van der Waals surface area (Å²) in [5, 5.41) is 15.4. The molecule has 0 unspecified atom stereocenters. The van der Waals surface area contributed by atoms with Crippen molar-refractivity contribution in [2.45, 2.75) is 51.0 Å². The minimum absolute atomic E-state index is 0.0397. The molecule has 1 saturated carbocycles. The Bertz CT molecular complexity index is 1100. The highest BCUT2D eigenvalue weighted by atomic mass is 16.4. The van der Waals surface area contributed by atoms with Crippen molar-refractivity contribution in [1.82, 2.24) is 20.5 Å². The maximum Gasteiger partial charge on any atom is 0.404 e. The monoisotopic (exact) mass is 522 g/mol. The molecule has 3 fully saturated rings. The first-order chi connectivity index (χ1) is 18.4. The Labute approximate surface area is 225 Å². The number of carboxylic acid groups (broad SMARTS) is 1. The summed E-state index contributed by atoms with van der Waals surface area (Å²) >= 11 is 0. The number of amides is 2.